The second-order valence-electron chi connectivity index (χ2n) is 5.92. The highest BCUT2D eigenvalue weighted by Gasteiger charge is 2.20. The molecule has 0 aliphatic carbocycles. The van der Waals surface area contributed by atoms with Crippen LogP contribution in [0.15, 0.2) is 24.9 Å². The Bertz CT molecular complexity index is 471. The molecule has 6 nitrogen and oxygen atoms in total. The number of hydrogen-bond donors (Lipinski definition) is 1. The van der Waals surface area contributed by atoms with E-state index in [9.17, 15) is 5.11 Å². The minimum absolute atomic E-state index is 0.260. The van der Waals surface area contributed by atoms with Crippen molar-refractivity contribution in [3.63, 3.8) is 0 Å². The number of hydrogen-bond acceptors (Lipinski definition) is 6. The van der Waals surface area contributed by atoms with Crippen LogP contribution >= 0.6 is 0 Å². The van der Waals surface area contributed by atoms with Gasteiger partial charge in [0.15, 0.2) is 0 Å². The number of nitrogens with zero attached hydrogens (tertiary/aromatic N) is 5. The number of anilines is 2. The highest BCUT2D eigenvalue weighted by molar-refractivity contribution is 5.43. The molecule has 0 saturated carbocycles. The molecule has 0 spiro atoms. The van der Waals surface area contributed by atoms with Gasteiger partial charge in [-0.1, -0.05) is 6.08 Å². The largest absolute Gasteiger partial charge is 0.392 e. The summed E-state index contributed by atoms with van der Waals surface area (Å²) in [6, 6.07) is 1.96. The molecule has 2 heterocycles. The Balaban J connectivity index is 1.84. The minimum Gasteiger partial charge on any atom is -0.392 e. The molecule has 22 heavy (non-hydrogen) atoms. The molecule has 1 aliphatic rings. The molecule has 0 amide bonds. The van der Waals surface area contributed by atoms with E-state index in [1.165, 1.54) is 0 Å². The first-order valence-corrected chi connectivity index (χ1v) is 7.86. The third kappa shape index (κ3) is 4.68. The monoisotopic (exact) mass is 305 g/mol. The molecule has 0 bridgehead atoms. The van der Waals surface area contributed by atoms with E-state index < -0.39 is 0 Å². The van der Waals surface area contributed by atoms with E-state index in [1.807, 2.05) is 37.3 Å². The predicted molar refractivity (Wildman–Crippen MR) is 90.4 cm³/mol. The van der Waals surface area contributed by atoms with Crippen LogP contribution in [0, 0.1) is 0 Å². The van der Waals surface area contributed by atoms with Crippen LogP contribution in [0.4, 0.5) is 11.8 Å². The molecule has 0 radical (unpaired) electrons. The van der Waals surface area contributed by atoms with E-state index in [0.717, 1.165) is 57.3 Å². The van der Waals surface area contributed by atoms with Gasteiger partial charge >= 0.3 is 0 Å². The predicted octanol–water partition coefficient (Wildman–Crippen LogP) is 0.992. The van der Waals surface area contributed by atoms with Crippen LogP contribution in [0.3, 0.4) is 0 Å². The van der Waals surface area contributed by atoms with E-state index in [4.69, 9.17) is 0 Å². The number of β-amino-alcohol motifs (C(OH)–C–C–N with tert-alkyl or cyclic N) is 1. The molecular weight excluding hydrogens is 278 g/mol. The van der Waals surface area contributed by atoms with Crippen molar-refractivity contribution < 1.29 is 5.11 Å². The second-order valence-corrected chi connectivity index (χ2v) is 5.92. The van der Waals surface area contributed by atoms with Crippen LogP contribution in [0.25, 0.3) is 0 Å². The van der Waals surface area contributed by atoms with Crippen molar-refractivity contribution in [1.82, 2.24) is 14.9 Å². The van der Waals surface area contributed by atoms with Crippen LogP contribution < -0.4 is 9.80 Å². The summed E-state index contributed by atoms with van der Waals surface area (Å²) in [5.74, 6) is 1.71. The summed E-state index contributed by atoms with van der Waals surface area (Å²) in [4.78, 5) is 15.3. The average Bonchev–Trinajstić information content (AvgIpc) is 2.53. The van der Waals surface area contributed by atoms with Gasteiger partial charge in [-0.3, -0.25) is 4.90 Å². The van der Waals surface area contributed by atoms with Crippen LogP contribution in [0.2, 0.25) is 0 Å². The number of aliphatic hydroxyl groups is 1. The topological polar surface area (TPSA) is 55.7 Å². The summed E-state index contributed by atoms with van der Waals surface area (Å²) in [6.45, 7) is 8.20. The van der Waals surface area contributed by atoms with Gasteiger partial charge in [0.2, 0.25) is 5.95 Å². The van der Waals surface area contributed by atoms with Crippen molar-refractivity contribution in [1.29, 1.82) is 0 Å². The SMILES string of the molecule is C=CCCC(O)CN1CCN(c2ccnc(N(C)C)n2)CC1. The zero-order valence-electron chi connectivity index (χ0n) is 13.6. The highest BCUT2D eigenvalue weighted by Crippen LogP contribution is 2.16. The second kappa shape index (κ2) is 8.10. The maximum atomic E-state index is 9.98. The van der Waals surface area contributed by atoms with Crippen molar-refractivity contribution in [2.24, 2.45) is 0 Å². The van der Waals surface area contributed by atoms with E-state index in [0.29, 0.717) is 0 Å². The van der Waals surface area contributed by atoms with Gasteiger partial charge in [-0.25, -0.2) is 4.98 Å². The highest BCUT2D eigenvalue weighted by atomic mass is 16.3. The molecule has 1 aromatic heterocycles. The summed E-state index contributed by atoms with van der Waals surface area (Å²) in [5, 5.41) is 9.98. The Hall–Kier alpha value is -1.66. The first-order chi connectivity index (χ1) is 10.6. The van der Waals surface area contributed by atoms with Crippen LogP contribution in [-0.4, -0.2) is 72.9 Å². The maximum absolute atomic E-state index is 9.98. The van der Waals surface area contributed by atoms with Gasteiger partial charge in [0.25, 0.3) is 0 Å². The van der Waals surface area contributed by atoms with Gasteiger partial charge in [0.05, 0.1) is 6.10 Å². The summed E-state index contributed by atoms with van der Waals surface area (Å²) in [6.07, 6.45) is 5.07. The normalized spacial score (nSPS) is 17.3. The lowest BCUT2D eigenvalue weighted by molar-refractivity contribution is 0.103. The van der Waals surface area contributed by atoms with Crippen molar-refractivity contribution in [3.8, 4) is 0 Å². The first-order valence-electron chi connectivity index (χ1n) is 7.86. The lowest BCUT2D eigenvalue weighted by Gasteiger charge is -2.36. The summed E-state index contributed by atoms with van der Waals surface area (Å²) in [5.41, 5.74) is 0. The van der Waals surface area contributed by atoms with Gasteiger partial charge < -0.3 is 14.9 Å². The van der Waals surface area contributed by atoms with E-state index in [2.05, 4.69) is 26.3 Å². The molecule has 122 valence electrons. The third-order valence-electron chi connectivity index (χ3n) is 3.90. The quantitative estimate of drug-likeness (QED) is 0.758. The fraction of sp³-hybridized carbons (Fsp3) is 0.625. The lowest BCUT2D eigenvalue weighted by Crippen LogP contribution is -2.48. The molecule has 1 aromatic rings. The van der Waals surface area contributed by atoms with Gasteiger partial charge in [0.1, 0.15) is 5.82 Å². The fourth-order valence-electron chi connectivity index (χ4n) is 2.59. The first kappa shape index (κ1) is 16.7. The molecule has 1 aliphatic heterocycles. The number of piperazine rings is 1. The molecule has 2 rings (SSSR count). The molecule has 1 N–H and O–H groups in total. The number of aromatic nitrogens is 2. The molecule has 1 unspecified atom stereocenters. The van der Waals surface area contributed by atoms with Crippen LogP contribution in [0.5, 0.6) is 0 Å². The van der Waals surface area contributed by atoms with Gasteiger partial charge in [-0.05, 0) is 18.9 Å². The molecule has 1 fully saturated rings. The fourth-order valence-corrected chi connectivity index (χ4v) is 2.59. The van der Waals surface area contributed by atoms with Crippen molar-refractivity contribution in [2.45, 2.75) is 18.9 Å². The molecule has 1 atom stereocenters. The Morgan fingerprint density at radius 2 is 2.09 bits per heavy atom. The zero-order valence-corrected chi connectivity index (χ0v) is 13.6. The zero-order chi connectivity index (χ0) is 15.9. The maximum Gasteiger partial charge on any atom is 0.226 e. The van der Waals surface area contributed by atoms with Crippen LogP contribution in [0.1, 0.15) is 12.8 Å². The molecular formula is C16H27N5O. The van der Waals surface area contributed by atoms with Gasteiger partial charge in [-0.15, -0.1) is 6.58 Å². The Kier molecular flexibility index (Phi) is 6.15. The average molecular weight is 305 g/mol. The number of aliphatic hydroxyl groups excluding tert-OH is 1. The van der Waals surface area contributed by atoms with E-state index >= 15 is 0 Å². The smallest absolute Gasteiger partial charge is 0.226 e. The summed E-state index contributed by atoms with van der Waals surface area (Å²) in [7, 11) is 3.89. The summed E-state index contributed by atoms with van der Waals surface area (Å²) < 4.78 is 0. The molecule has 1 saturated heterocycles. The van der Waals surface area contributed by atoms with Crippen LogP contribution in [-0.2, 0) is 0 Å². The number of allylic oxidation sites excluding steroid dienone is 1. The molecule has 6 heteroatoms. The Labute approximate surface area is 133 Å². The number of rotatable bonds is 7. The molecule has 0 aromatic carbocycles. The Morgan fingerprint density at radius 3 is 2.73 bits per heavy atom. The third-order valence-corrected chi connectivity index (χ3v) is 3.90. The van der Waals surface area contributed by atoms with Crippen molar-refractivity contribution >= 4 is 11.8 Å². The van der Waals surface area contributed by atoms with Crippen molar-refractivity contribution in [3.05, 3.63) is 24.9 Å². The minimum atomic E-state index is -0.260. The lowest BCUT2D eigenvalue weighted by atomic mass is 10.1. The van der Waals surface area contributed by atoms with Gasteiger partial charge in [-0.2, -0.15) is 4.98 Å². The summed E-state index contributed by atoms with van der Waals surface area (Å²) >= 11 is 0. The standard InChI is InChI=1S/C16H27N5O/c1-4-5-6-14(22)13-20-9-11-21(12-10-20)15-7-8-17-16(18-15)19(2)3/h4,7-8,14,22H,1,5-6,9-13H2,2-3H3. The van der Waals surface area contributed by atoms with E-state index in [-0.39, 0.29) is 6.10 Å². The van der Waals surface area contributed by atoms with Crippen molar-refractivity contribution in [2.75, 3.05) is 56.6 Å². The van der Waals surface area contributed by atoms with Gasteiger partial charge in [0, 0.05) is 53.0 Å². The van der Waals surface area contributed by atoms with E-state index in [1.54, 1.807) is 0 Å². The Morgan fingerprint density at radius 1 is 1.36 bits per heavy atom.